The highest BCUT2D eigenvalue weighted by atomic mass is 16.5. The van der Waals surface area contributed by atoms with Crippen LogP contribution in [0.15, 0.2) is 65.2 Å². The quantitative estimate of drug-likeness (QED) is 0.689. The van der Waals surface area contributed by atoms with Crippen LogP contribution in [0.25, 0.3) is 22.6 Å². The van der Waals surface area contributed by atoms with Crippen molar-refractivity contribution in [2.45, 2.75) is 0 Å². The lowest BCUT2D eigenvalue weighted by atomic mass is 10.0. The van der Waals surface area contributed by atoms with Gasteiger partial charge in [-0.25, -0.2) is 0 Å². The Morgan fingerprint density at radius 1 is 0.842 bits per heavy atom. The molecule has 3 rings (SSSR count). The third-order valence-electron chi connectivity index (χ3n) is 2.89. The molecule has 1 heterocycles. The third kappa shape index (κ3) is 2.00. The Labute approximate surface area is 110 Å². The molecule has 3 nitrogen and oxygen atoms in total. The van der Waals surface area contributed by atoms with Crippen LogP contribution in [0.3, 0.4) is 0 Å². The van der Waals surface area contributed by atoms with Crippen molar-refractivity contribution >= 4 is 0 Å². The minimum Gasteiger partial charge on any atom is -0.354 e. The molecule has 3 aromatic rings. The van der Waals surface area contributed by atoms with Gasteiger partial charge in [0, 0.05) is 11.1 Å². The van der Waals surface area contributed by atoms with Crippen LogP contribution in [0.1, 0.15) is 5.56 Å². The van der Waals surface area contributed by atoms with E-state index in [1.807, 2.05) is 60.7 Å². The van der Waals surface area contributed by atoms with Crippen molar-refractivity contribution in [2.75, 3.05) is 0 Å². The first kappa shape index (κ1) is 11.2. The standard InChI is InChI=1S/C16H10N2O/c17-11-14-15(12-7-3-1-4-8-12)18-19-16(14)13-9-5-2-6-10-13/h1-10H. The Balaban J connectivity index is 2.16. The van der Waals surface area contributed by atoms with E-state index in [2.05, 4.69) is 11.2 Å². The average Bonchev–Trinajstić information content (AvgIpc) is 2.93. The van der Waals surface area contributed by atoms with Gasteiger partial charge in [-0.2, -0.15) is 5.26 Å². The van der Waals surface area contributed by atoms with E-state index in [0.717, 1.165) is 11.1 Å². The summed E-state index contributed by atoms with van der Waals surface area (Å²) < 4.78 is 5.35. The van der Waals surface area contributed by atoms with Gasteiger partial charge in [-0.3, -0.25) is 0 Å². The summed E-state index contributed by atoms with van der Waals surface area (Å²) in [5.74, 6) is 0.516. The molecular formula is C16H10N2O. The Kier molecular flexibility index (Phi) is 2.83. The van der Waals surface area contributed by atoms with Crippen LogP contribution in [0.5, 0.6) is 0 Å². The van der Waals surface area contributed by atoms with Gasteiger partial charge in [-0.05, 0) is 0 Å². The van der Waals surface area contributed by atoms with E-state index >= 15 is 0 Å². The van der Waals surface area contributed by atoms with Crippen LogP contribution < -0.4 is 0 Å². The number of nitriles is 1. The normalized spacial score (nSPS) is 10.1. The Morgan fingerprint density at radius 3 is 2.00 bits per heavy atom. The van der Waals surface area contributed by atoms with Crippen LogP contribution >= 0.6 is 0 Å². The van der Waals surface area contributed by atoms with Crippen molar-refractivity contribution in [3.8, 4) is 28.7 Å². The molecule has 0 saturated carbocycles. The van der Waals surface area contributed by atoms with Gasteiger partial charge in [0.25, 0.3) is 0 Å². The maximum absolute atomic E-state index is 9.36. The topological polar surface area (TPSA) is 49.8 Å². The van der Waals surface area contributed by atoms with Gasteiger partial charge in [0.2, 0.25) is 0 Å². The highest BCUT2D eigenvalue weighted by Gasteiger charge is 2.18. The van der Waals surface area contributed by atoms with E-state index in [9.17, 15) is 5.26 Å². The van der Waals surface area contributed by atoms with Crippen molar-refractivity contribution in [1.82, 2.24) is 5.16 Å². The smallest absolute Gasteiger partial charge is 0.185 e. The molecule has 0 atom stereocenters. The fourth-order valence-electron chi connectivity index (χ4n) is 1.97. The number of hydrogen-bond acceptors (Lipinski definition) is 3. The lowest BCUT2D eigenvalue weighted by molar-refractivity contribution is 0.434. The molecule has 19 heavy (non-hydrogen) atoms. The molecule has 2 aromatic carbocycles. The summed E-state index contributed by atoms with van der Waals surface area (Å²) in [6, 6.07) is 21.3. The van der Waals surface area contributed by atoms with Crippen molar-refractivity contribution < 1.29 is 4.52 Å². The van der Waals surface area contributed by atoms with Crippen LogP contribution in [0.4, 0.5) is 0 Å². The number of benzene rings is 2. The minimum atomic E-state index is 0.470. The van der Waals surface area contributed by atoms with E-state index < -0.39 is 0 Å². The lowest BCUT2D eigenvalue weighted by Crippen LogP contribution is -1.82. The molecular weight excluding hydrogens is 236 g/mol. The number of rotatable bonds is 2. The second kappa shape index (κ2) is 4.79. The van der Waals surface area contributed by atoms with Gasteiger partial charge in [-0.15, -0.1) is 0 Å². The van der Waals surface area contributed by atoms with E-state index in [1.165, 1.54) is 0 Å². The summed E-state index contributed by atoms with van der Waals surface area (Å²) in [6.45, 7) is 0. The molecule has 0 aliphatic rings. The second-order valence-electron chi connectivity index (χ2n) is 4.08. The molecule has 0 amide bonds. The van der Waals surface area contributed by atoms with Crippen molar-refractivity contribution in [3.63, 3.8) is 0 Å². The molecule has 0 bridgehead atoms. The zero-order valence-corrected chi connectivity index (χ0v) is 10.1. The van der Waals surface area contributed by atoms with E-state index in [0.29, 0.717) is 17.0 Å². The van der Waals surface area contributed by atoms with Gasteiger partial charge in [0.1, 0.15) is 17.3 Å². The monoisotopic (exact) mass is 246 g/mol. The molecule has 3 heteroatoms. The predicted molar refractivity (Wildman–Crippen MR) is 72.1 cm³/mol. The highest BCUT2D eigenvalue weighted by molar-refractivity contribution is 5.76. The molecule has 0 spiro atoms. The second-order valence-corrected chi connectivity index (χ2v) is 4.08. The molecule has 0 aliphatic heterocycles. The number of nitrogens with zero attached hydrogens (tertiary/aromatic N) is 2. The van der Waals surface area contributed by atoms with E-state index in [1.54, 1.807) is 0 Å². The van der Waals surface area contributed by atoms with Gasteiger partial charge in [0.15, 0.2) is 5.76 Å². The highest BCUT2D eigenvalue weighted by Crippen LogP contribution is 2.31. The molecule has 0 fully saturated rings. The molecule has 1 aromatic heterocycles. The molecule has 0 unspecified atom stereocenters. The predicted octanol–water partition coefficient (Wildman–Crippen LogP) is 3.88. The van der Waals surface area contributed by atoms with Crippen LogP contribution in [0.2, 0.25) is 0 Å². The van der Waals surface area contributed by atoms with E-state index in [4.69, 9.17) is 4.52 Å². The maximum atomic E-state index is 9.36. The zero-order chi connectivity index (χ0) is 13.1. The summed E-state index contributed by atoms with van der Waals surface area (Å²) in [7, 11) is 0. The minimum absolute atomic E-state index is 0.470. The Bertz CT molecular complexity index is 667. The average molecular weight is 246 g/mol. The Hall–Kier alpha value is -2.86. The summed E-state index contributed by atoms with van der Waals surface area (Å²) in [6.07, 6.45) is 0. The van der Waals surface area contributed by atoms with Gasteiger partial charge in [0.05, 0.1) is 0 Å². The fourth-order valence-corrected chi connectivity index (χ4v) is 1.97. The summed E-state index contributed by atoms with van der Waals surface area (Å²) in [5.41, 5.74) is 2.79. The molecule has 0 radical (unpaired) electrons. The number of aromatic nitrogens is 1. The lowest BCUT2D eigenvalue weighted by Gasteiger charge is -1.96. The van der Waals surface area contributed by atoms with Gasteiger partial charge in [-0.1, -0.05) is 65.8 Å². The van der Waals surface area contributed by atoms with Crippen molar-refractivity contribution in [2.24, 2.45) is 0 Å². The van der Waals surface area contributed by atoms with Crippen LogP contribution in [0, 0.1) is 11.3 Å². The van der Waals surface area contributed by atoms with Crippen molar-refractivity contribution in [1.29, 1.82) is 5.26 Å². The zero-order valence-electron chi connectivity index (χ0n) is 10.1. The number of hydrogen-bond donors (Lipinski definition) is 0. The molecule has 0 saturated heterocycles. The van der Waals surface area contributed by atoms with Crippen LogP contribution in [-0.4, -0.2) is 5.16 Å². The maximum Gasteiger partial charge on any atom is 0.185 e. The molecule has 0 N–H and O–H groups in total. The van der Waals surface area contributed by atoms with Gasteiger partial charge < -0.3 is 4.52 Å². The summed E-state index contributed by atoms with van der Waals surface area (Å²) in [5, 5.41) is 13.4. The van der Waals surface area contributed by atoms with Crippen LogP contribution in [-0.2, 0) is 0 Å². The fraction of sp³-hybridized carbons (Fsp3) is 0. The first-order valence-electron chi connectivity index (χ1n) is 5.91. The molecule has 90 valence electrons. The third-order valence-corrected chi connectivity index (χ3v) is 2.89. The Morgan fingerprint density at radius 2 is 1.42 bits per heavy atom. The van der Waals surface area contributed by atoms with E-state index in [-0.39, 0.29) is 0 Å². The SMILES string of the molecule is N#Cc1c(-c2ccccc2)noc1-c1ccccc1. The first-order chi connectivity index (χ1) is 9.40. The largest absolute Gasteiger partial charge is 0.354 e. The summed E-state index contributed by atoms with van der Waals surface area (Å²) >= 11 is 0. The van der Waals surface area contributed by atoms with Gasteiger partial charge >= 0.3 is 0 Å². The van der Waals surface area contributed by atoms with Crippen molar-refractivity contribution in [3.05, 3.63) is 66.2 Å². The molecule has 0 aliphatic carbocycles. The first-order valence-corrected chi connectivity index (χ1v) is 5.91. The summed E-state index contributed by atoms with van der Waals surface area (Å²) in [4.78, 5) is 0.